The minimum Gasteiger partial charge on any atom is -0.317 e. The molecule has 1 aliphatic heterocycles. The predicted octanol–water partition coefficient (Wildman–Crippen LogP) is 3.83. The van der Waals surface area contributed by atoms with E-state index in [4.69, 9.17) is 0 Å². The Morgan fingerprint density at radius 3 is 2.94 bits per heavy atom. The number of nitrogens with one attached hydrogen (secondary N) is 1. The lowest BCUT2D eigenvalue weighted by atomic mass is 9.87. The van der Waals surface area contributed by atoms with E-state index in [0.717, 1.165) is 0 Å². The summed E-state index contributed by atoms with van der Waals surface area (Å²) < 4.78 is 0. The zero-order chi connectivity index (χ0) is 12.3. The van der Waals surface area contributed by atoms with Crippen molar-refractivity contribution in [2.24, 2.45) is 0 Å². The Kier molecular flexibility index (Phi) is 4.52. The maximum Gasteiger partial charge on any atom is 0.0105 e. The fourth-order valence-electron chi connectivity index (χ4n) is 2.65. The van der Waals surface area contributed by atoms with Gasteiger partial charge in [0.05, 0.1) is 0 Å². The minimum atomic E-state index is 0.557. The van der Waals surface area contributed by atoms with Gasteiger partial charge in [-0.05, 0) is 49.9 Å². The summed E-state index contributed by atoms with van der Waals surface area (Å²) in [5, 5.41) is 3.41. The summed E-state index contributed by atoms with van der Waals surface area (Å²) in [7, 11) is 2.07. The maximum atomic E-state index is 3.41. The van der Waals surface area contributed by atoms with E-state index in [1.807, 2.05) is 11.8 Å². The summed E-state index contributed by atoms with van der Waals surface area (Å²) in [6.45, 7) is 4.57. The number of fused-ring (bicyclic) bond motifs is 1. The number of hydrogen-bond acceptors (Lipinski definition) is 2. The van der Waals surface area contributed by atoms with Gasteiger partial charge in [-0.25, -0.2) is 0 Å². The van der Waals surface area contributed by atoms with Crippen molar-refractivity contribution in [3.8, 4) is 0 Å². The zero-order valence-electron chi connectivity index (χ0n) is 11.1. The van der Waals surface area contributed by atoms with Crippen molar-refractivity contribution in [2.45, 2.75) is 50.0 Å². The summed E-state index contributed by atoms with van der Waals surface area (Å²) >= 11 is 2.00. The van der Waals surface area contributed by atoms with E-state index < -0.39 is 0 Å². The smallest absolute Gasteiger partial charge is 0.0105 e. The molecule has 0 saturated carbocycles. The van der Waals surface area contributed by atoms with Crippen molar-refractivity contribution < 1.29 is 0 Å². The van der Waals surface area contributed by atoms with Crippen LogP contribution in [0.4, 0.5) is 0 Å². The third-order valence-electron chi connectivity index (χ3n) is 3.80. The molecule has 1 aromatic carbocycles. The molecule has 0 bridgehead atoms. The molecule has 1 nitrogen and oxygen atoms in total. The number of aryl methyl sites for hydroxylation is 1. The van der Waals surface area contributed by atoms with Crippen LogP contribution in [0.25, 0.3) is 0 Å². The lowest BCUT2D eigenvalue weighted by Crippen LogP contribution is -2.29. The molecule has 0 radical (unpaired) electrons. The van der Waals surface area contributed by atoms with Crippen LogP contribution >= 0.6 is 11.8 Å². The molecular weight excluding hydrogens is 226 g/mol. The summed E-state index contributed by atoms with van der Waals surface area (Å²) in [5.74, 6) is 1.92. The van der Waals surface area contributed by atoms with Crippen LogP contribution in [-0.2, 0) is 6.42 Å². The van der Waals surface area contributed by atoms with Crippen LogP contribution in [0, 0.1) is 0 Å². The third-order valence-corrected chi connectivity index (χ3v) is 4.92. The van der Waals surface area contributed by atoms with E-state index in [1.165, 1.54) is 35.5 Å². The highest BCUT2D eigenvalue weighted by molar-refractivity contribution is 7.99. The van der Waals surface area contributed by atoms with E-state index in [-0.39, 0.29) is 0 Å². The van der Waals surface area contributed by atoms with Crippen LogP contribution in [0.1, 0.15) is 43.7 Å². The number of rotatable bonds is 5. The van der Waals surface area contributed by atoms with E-state index in [1.54, 1.807) is 5.56 Å². The second-order valence-electron chi connectivity index (χ2n) is 4.94. The van der Waals surface area contributed by atoms with Gasteiger partial charge >= 0.3 is 0 Å². The van der Waals surface area contributed by atoms with Gasteiger partial charge in [-0.15, -0.1) is 11.8 Å². The summed E-state index contributed by atoms with van der Waals surface area (Å²) in [6.07, 6.45) is 3.77. The zero-order valence-corrected chi connectivity index (χ0v) is 11.9. The van der Waals surface area contributed by atoms with Crippen molar-refractivity contribution in [1.82, 2.24) is 5.32 Å². The first-order valence-electron chi connectivity index (χ1n) is 6.69. The molecule has 0 fully saturated rings. The van der Waals surface area contributed by atoms with Crippen molar-refractivity contribution in [2.75, 3.05) is 12.8 Å². The van der Waals surface area contributed by atoms with Crippen LogP contribution in [0.5, 0.6) is 0 Å². The highest BCUT2D eigenvalue weighted by Crippen LogP contribution is 2.35. The van der Waals surface area contributed by atoms with Gasteiger partial charge in [0.15, 0.2) is 0 Å². The molecule has 0 spiro atoms. The van der Waals surface area contributed by atoms with Crippen LogP contribution in [0.15, 0.2) is 23.1 Å². The van der Waals surface area contributed by atoms with Gasteiger partial charge in [-0.3, -0.25) is 0 Å². The summed E-state index contributed by atoms with van der Waals surface area (Å²) in [6, 6.07) is 7.67. The van der Waals surface area contributed by atoms with E-state index in [2.05, 4.69) is 44.4 Å². The molecule has 2 rings (SSSR count). The highest BCUT2D eigenvalue weighted by Gasteiger charge is 2.19. The Morgan fingerprint density at radius 2 is 2.24 bits per heavy atom. The van der Waals surface area contributed by atoms with E-state index >= 15 is 0 Å². The minimum absolute atomic E-state index is 0.557. The Bertz CT molecular complexity index is 375. The molecule has 17 heavy (non-hydrogen) atoms. The van der Waals surface area contributed by atoms with Gasteiger partial charge in [0.1, 0.15) is 0 Å². The molecule has 2 atom stereocenters. The number of likely N-dealkylation sites (N-methyl/N-ethyl adjacent to an activating group) is 1. The SMILES string of the molecule is CCCC(c1ccc2c(c1)CCS2)C(C)NC. The molecule has 1 N–H and O–H groups in total. The first kappa shape index (κ1) is 13.0. The molecule has 94 valence electrons. The van der Waals surface area contributed by atoms with Crippen molar-refractivity contribution >= 4 is 11.8 Å². The maximum absolute atomic E-state index is 3.41. The predicted molar refractivity (Wildman–Crippen MR) is 77.0 cm³/mol. The Labute approximate surface area is 109 Å². The van der Waals surface area contributed by atoms with Gasteiger partial charge in [0.2, 0.25) is 0 Å². The molecule has 1 aliphatic rings. The first-order chi connectivity index (χ1) is 8.26. The van der Waals surface area contributed by atoms with Gasteiger partial charge in [-0.1, -0.05) is 25.5 Å². The lowest BCUT2D eigenvalue weighted by molar-refractivity contribution is 0.464. The lowest BCUT2D eigenvalue weighted by Gasteiger charge is -2.24. The molecule has 0 aromatic heterocycles. The van der Waals surface area contributed by atoms with Crippen molar-refractivity contribution in [3.63, 3.8) is 0 Å². The molecular formula is C15H23NS. The van der Waals surface area contributed by atoms with Gasteiger partial charge < -0.3 is 5.32 Å². The molecule has 2 heteroatoms. The largest absolute Gasteiger partial charge is 0.317 e. The van der Waals surface area contributed by atoms with Crippen LogP contribution in [0.3, 0.4) is 0 Å². The van der Waals surface area contributed by atoms with E-state index in [9.17, 15) is 0 Å². The topological polar surface area (TPSA) is 12.0 Å². The highest BCUT2D eigenvalue weighted by atomic mass is 32.2. The number of benzene rings is 1. The summed E-state index contributed by atoms with van der Waals surface area (Å²) in [5.41, 5.74) is 3.09. The Hall–Kier alpha value is -0.470. The second kappa shape index (κ2) is 5.92. The van der Waals surface area contributed by atoms with Gasteiger partial charge in [0.25, 0.3) is 0 Å². The average Bonchev–Trinajstić information content (AvgIpc) is 2.82. The number of thioether (sulfide) groups is 1. The first-order valence-corrected chi connectivity index (χ1v) is 7.67. The van der Waals surface area contributed by atoms with E-state index in [0.29, 0.717) is 12.0 Å². The Balaban J connectivity index is 2.23. The molecule has 0 amide bonds. The molecule has 2 unspecified atom stereocenters. The van der Waals surface area contributed by atoms with Gasteiger partial charge in [-0.2, -0.15) is 0 Å². The quantitative estimate of drug-likeness (QED) is 0.851. The van der Waals surface area contributed by atoms with Crippen molar-refractivity contribution in [1.29, 1.82) is 0 Å². The molecule has 1 aromatic rings. The standard InChI is InChI=1S/C15H23NS/c1-4-5-14(11(2)16-3)12-6-7-15-13(10-12)8-9-17-15/h6-7,10-11,14,16H,4-5,8-9H2,1-3H3. The molecule has 0 aliphatic carbocycles. The summed E-state index contributed by atoms with van der Waals surface area (Å²) in [4.78, 5) is 1.50. The van der Waals surface area contributed by atoms with Crippen LogP contribution in [0.2, 0.25) is 0 Å². The average molecular weight is 249 g/mol. The number of hydrogen-bond donors (Lipinski definition) is 1. The molecule has 0 saturated heterocycles. The van der Waals surface area contributed by atoms with Gasteiger partial charge in [0, 0.05) is 16.7 Å². The third kappa shape index (κ3) is 2.86. The molecule has 1 heterocycles. The fourth-order valence-corrected chi connectivity index (χ4v) is 3.71. The van der Waals surface area contributed by atoms with Crippen LogP contribution < -0.4 is 5.32 Å². The Morgan fingerprint density at radius 1 is 1.41 bits per heavy atom. The fraction of sp³-hybridized carbons (Fsp3) is 0.600. The second-order valence-corrected chi connectivity index (χ2v) is 6.07. The normalized spacial score (nSPS) is 17.8. The van der Waals surface area contributed by atoms with Crippen molar-refractivity contribution in [3.05, 3.63) is 29.3 Å². The van der Waals surface area contributed by atoms with Crippen LogP contribution in [-0.4, -0.2) is 18.8 Å². The monoisotopic (exact) mass is 249 g/mol.